The predicted molar refractivity (Wildman–Crippen MR) is 209 cm³/mol. The Labute approximate surface area is 285 Å². The maximum absolute atomic E-state index is 5.38. The van der Waals surface area contributed by atoms with Crippen LogP contribution in [0.5, 0.6) is 0 Å². The smallest absolute Gasteiger partial charge is 0.156 e. The lowest BCUT2D eigenvalue weighted by molar-refractivity contribution is 1.12. The van der Waals surface area contributed by atoms with Crippen LogP contribution in [0, 0.1) is 0 Å². The Bertz CT molecular complexity index is 3110. The molecular formula is C45H27N3S. The molecule has 11 rings (SSSR count). The lowest BCUT2D eigenvalue weighted by Crippen LogP contribution is -1.98. The summed E-state index contributed by atoms with van der Waals surface area (Å²) in [5.41, 5.74) is 9.35. The minimum absolute atomic E-state index is 0.990. The summed E-state index contributed by atoms with van der Waals surface area (Å²) in [6.45, 7) is 0. The Morgan fingerprint density at radius 3 is 1.65 bits per heavy atom. The van der Waals surface area contributed by atoms with Crippen molar-refractivity contribution in [3.05, 3.63) is 164 Å². The molecule has 0 fully saturated rings. The molecule has 4 heterocycles. The molecule has 0 aliphatic carbocycles. The van der Waals surface area contributed by atoms with Crippen LogP contribution in [0.4, 0.5) is 0 Å². The van der Waals surface area contributed by atoms with Gasteiger partial charge in [-0.1, -0.05) is 103 Å². The lowest BCUT2D eigenvalue weighted by Gasteiger charge is -2.11. The quantitative estimate of drug-likeness (QED) is 0.188. The van der Waals surface area contributed by atoms with Crippen molar-refractivity contribution in [2.45, 2.75) is 0 Å². The highest BCUT2D eigenvalue weighted by Crippen LogP contribution is 2.44. The molecule has 0 unspecified atom stereocenters. The van der Waals surface area contributed by atoms with E-state index in [1.54, 1.807) is 0 Å². The molecule has 0 bridgehead atoms. The first-order valence-electron chi connectivity index (χ1n) is 16.6. The molecule has 228 valence electrons. The largest absolute Gasteiger partial charge is 0.309 e. The van der Waals surface area contributed by atoms with E-state index in [1.807, 2.05) is 11.3 Å². The molecule has 0 N–H and O–H groups in total. The topological polar surface area (TPSA) is 22.8 Å². The molecule has 3 nitrogen and oxygen atoms in total. The molecule has 11 aromatic rings. The first-order valence-corrected chi connectivity index (χ1v) is 17.5. The second-order valence-corrected chi connectivity index (χ2v) is 13.8. The third kappa shape index (κ3) is 3.80. The van der Waals surface area contributed by atoms with E-state index >= 15 is 0 Å². The molecule has 0 atom stereocenters. The van der Waals surface area contributed by atoms with Crippen LogP contribution in [0.25, 0.3) is 97.3 Å². The third-order valence-electron chi connectivity index (χ3n) is 10.1. The second kappa shape index (κ2) is 10.1. The van der Waals surface area contributed by atoms with Gasteiger partial charge in [0.1, 0.15) is 0 Å². The van der Waals surface area contributed by atoms with Crippen LogP contribution >= 0.6 is 11.3 Å². The number of hydrogen-bond acceptors (Lipinski definition) is 2. The summed E-state index contributed by atoms with van der Waals surface area (Å²) < 4.78 is 7.25. The van der Waals surface area contributed by atoms with Crippen LogP contribution in [0.2, 0.25) is 0 Å². The second-order valence-electron chi connectivity index (χ2n) is 12.8. The maximum atomic E-state index is 5.38. The number of pyridine rings is 1. The maximum Gasteiger partial charge on any atom is 0.156 e. The minimum Gasteiger partial charge on any atom is -0.309 e. The average molecular weight is 642 g/mol. The van der Waals surface area contributed by atoms with Gasteiger partial charge in [0.25, 0.3) is 0 Å². The van der Waals surface area contributed by atoms with Gasteiger partial charge in [0.2, 0.25) is 0 Å². The van der Waals surface area contributed by atoms with E-state index in [1.165, 1.54) is 75.0 Å². The summed E-state index contributed by atoms with van der Waals surface area (Å²) in [6, 6.07) is 59.3. The average Bonchev–Trinajstić information content (AvgIpc) is 3.83. The summed E-state index contributed by atoms with van der Waals surface area (Å²) in [5, 5.41) is 8.74. The fraction of sp³-hybridized carbons (Fsp3) is 0. The SMILES string of the molecule is c1ccc(-n2c3ccccc3c3cc(-c4ccc5c(c4)c4ccccc4n5-c4nc5ccccc5c5c4sc4ccccc45)ccc32)cc1. The number of benzene rings is 7. The van der Waals surface area contributed by atoms with Gasteiger partial charge in [0, 0.05) is 48.1 Å². The van der Waals surface area contributed by atoms with Gasteiger partial charge in [-0.15, -0.1) is 11.3 Å². The van der Waals surface area contributed by atoms with Crippen LogP contribution in [-0.4, -0.2) is 14.1 Å². The molecule has 49 heavy (non-hydrogen) atoms. The molecule has 0 radical (unpaired) electrons. The Balaban J connectivity index is 1.16. The normalized spacial score (nSPS) is 12.1. The van der Waals surface area contributed by atoms with Crippen molar-refractivity contribution in [2.24, 2.45) is 0 Å². The van der Waals surface area contributed by atoms with Gasteiger partial charge < -0.3 is 4.57 Å². The summed E-state index contributed by atoms with van der Waals surface area (Å²) in [4.78, 5) is 5.38. The van der Waals surface area contributed by atoms with Crippen LogP contribution < -0.4 is 0 Å². The zero-order valence-corrected chi connectivity index (χ0v) is 27.2. The lowest BCUT2D eigenvalue weighted by atomic mass is 10.0. The van der Waals surface area contributed by atoms with Gasteiger partial charge >= 0.3 is 0 Å². The number of rotatable bonds is 3. The summed E-state index contributed by atoms with van der Waals surface area (Å²) in [6.07, 6.45) is 0. The van der Waals surface area contributed by atoms with Gasteiger partial charge in [0.05, 0.1) is 32.3 Å². The van der Waals surface area contributed by atoms with E-state index in [9.17, 15) is 0 Å². The van der Waals surface area contributed by atoms with Crippen molar-refractivity contribution in [2.75, 3.05) is 0 Å². The van der Waals surface area contributed by atoms with Crippen molar-refractivity contribution in [3.8, 4) is 22.6 Å². The van der Waals surface area contributed by atoms with Crippen LogP contribution in [0.15, 0.2) is 164 Å². The summed E-state index contributed by atoms with van der Waals surface area (Å²) >= 11 is 1.84. The first kappa shape index (κ1) is 26.8. The van der Waals surface area contributed by atoms with E-state index in [4.69, 9.17) is 4.98 Å². The predicted octanol–water partition coefficient (Wildman–Crippen LogP) is 12.5. The van der Waals surface area contributed by atoms with Crippen LogP contribution in [0.3, 0.4) is 0 Å². The monoisotopic (exact) mass is 641 g/mol. The van der Waals surface area contributed by atoms with Gasteiger partial charge in [-0.25, -0.2) is 4.98 Å². The van der Waals surface area contributed by atoms with E-state index in [-0.39, 0.29) is 0 Å². The van der Waals surface area contributed by atoms with Crippen LogP contribution in [0.1, 0.15) is 0 Å². The van der Waals surface area contributed by atoms with Crippen molar-refractivity contribution in [3.63, 3.8) is 0 Å². The summed E-state index contributed by atoms with van der Waals surface area (Å²) in [7, 11) is 0. The minimum atomic E-state index is 0.990. The molecule has 0 aliphatic heterocycles. The number of thiophene rings is 1. The van der Waals surface area contributed by atoms with Crippen molar-refractivity contribution < 1.29 is 0 Å². The number of nitrogens with zero attached hydrogens (tertiary/aromatic N) is 3. The van der Waals surface area contributed by atoms with Gasteiger partial charge in [-0.05, 0) is 71.8 Å². The zero-order chi connectivity index (χ0) is 32.1. The van der Waals surface area contributed by atoms with E-state index in [0.717, 1.165) is 22.4 Å². The first-order chi connectivity index (χ1) is 24.3. The highest BCUT2D eigenvalue weighted by Gasteiger charge is 2.21. The molecule has 0 amide bonds. The van der Waals surface area contributed by atoms with Gasteiger partial charge in [-0.2, -0.15) is 0 Å². The molecule has 0 spiro atoms. The van der Waals surface area contributed by atoms with Gasteiger partial charge in [-0.3, -0.25) is 4.57 Å². The van der Waals surface area contributed by atoms with Crippen molar-refractivity contribution in [1.29, 1.82) is 0 Å². The fourth-order valence-electron chi connectivity index (χ4n) is 7.96. The Kier molecular flexibility index (Phi) is 5.54. The summed E-state index contributed by atoms with van der Waals surface area (Å²) in [5.74, 6) is 0.990. The van der Waals surface area contributed by atoms with E-state index < -0.39 is 0 Å². The molecule has 0 aliphatic rings. The number of aromatic nitrogens is 3. The zero-order valence-electron chi connectivity index (χ0n) is 26.3. The Morgan fingerprint density at radius 1 is 0.408 bits per heavy atom. The van der Waals surface area contributed by atoms with E-state index in [2.05, 4.69) is 173 Å². The number of hydrogen-bond donors (Lipinski definition) is 0. The highest BCUT2D eigenvalue weighted by atomic mass is 32.1. The van der Waals surface area contributed by atoms with E-state index in [0.29, 0.717) is 0 Å². The number of fused-ring (bicyclic) bond motifs is 11. The molecule has 4 heteroatoms. The standard InChI is InChI=1S/C45H27N3S/c1-2-12-30(13-3-1)47-38-19-9-5-14-31(38)35-26-28(22-24-40(35)47)29-23-25-41-36(27-29)32-15-6-10-20-39(32)48(41)45-44-43(33-16-4-8-18-37(33)46-45)34-17-7-11-21-42(34)49-44/h1-27H. The Morgan fingerprint density at radius 2 is 0.939 bits per heavy atom. The Hall–Kier alpha value is -6.23. The third-order valence-corrected chi connectivity index (χ3v) is 11.3. The molecule has 0 saturated carbocycles. The molecule has 0 saturated heterocycles. The van der Waals surface area contributed by atoms with Crippen molar-refractivity contribution in [1.82, 2.24) is 14.1 Å². The molecular weight excluding hydrogens is 615 g/mol. The highest BCUT2D eigenvalue weighted by molar-refractivity contribution is 7.26. The molecule has 4 aromatic heterocycles. The van der Waals surface area contributed by atoms with Gasteiger partial charge in [0.15, 0.2) is 5.82 Å². The fourth-order valence-corrected chi connectivity index (χ4v) is 9.15. The van der Waals surface area contributed by atoms with Crippen molar-refractivity contribution >= 4 is 86.0 Å². The van der Waals surface area contributed by atoms with Crippen LogP contribution in [-0.2, 0) is 0 Å². The molecule has 7 aromatic carbocycles. The number of para-hydroxylation sites is 4.